The van der Waals surface area contributed by atoms with Crippen LogP contribution in [0.5, 0.6) is 5.75 Å². The molecule has 3 amide bonds. The number of imide groups is 1. The lowest BCUT2D eigenvalue weighted by molar-refractivity contribution is -0.123. The Labute approximate surface area is 180 Å². The molecule has 0 saturated carbocycles. The molecule has 1 aliphatic heterocycles. The van der Waals surface area contributed by atoms with E-state index in [1.165, 1.54) is 11.1 Å². The number of carbonyl (C=O) groups is 2. The summed E-state index contributed by atoms with van der Waals surface area (Å²) < 4.78 is 12.1. The fourth-order valence-corrected chi connectivity index (χ4v) is 3.69. The van der Waals surface area contributed by atoms with Gasteiger partial charge in [-0.05, 0) is 45.4 Å². The van der Waals surface area contributed by atoms with Gasteiger partial charge in [-0.1, -0.05) is 17.3 Å². The Morgan fingerprint density at radius 3 is 2.42 bits per heavy atom. The second-order valence-electron chi connectivity index (χ2n) is 8.12. The summed E-state index contributed by atoms with van der Waals surface area (Å²) in [6, 6.07) is 7.07. The zero-order chi connectivity index (χ0) is 22.3. The van der Waals surface area contributed by atoms with E-state index >= 15 is 0 Å². The van der Waals surface area contributed by atoms with Gasteiger partial charge in [0.1, 0.15) is 17.0 Å². The predicted octanol–water partition coefficient (Wildman–Crippen LogP) is 3.29. The largest absolute Gasteiger partial charge is 0.497 e. The van der Waals surface area contributed by atoms with Gasteiger partial charge in [0.05, 0.1) is 31.2 Å². The quantitative estimate of drug-likeness (QED) is 0.565. The molecule has 1 aromatic carbocycles. The van der Waals surface area contributed by atoms with Crippen molar-refractivity contribution in [2.24, 2.45) is 0 Å². The Balaban J connectivity index is 1.57. The van der Waals surface area contributed by atoms with Gasteiger partial charge in [-0.3, -0.25) is 9.48 Å². The molecule has 3 heterocycles. The van der Waals surface area contributed by atoms with Crippen LogP contribution in [0.15, 0.2) is 41.2 Å². The molecule has 0 aliphatic carbocycles. The van der Waals surface area contributed by atoms with Crippen LogP contribution in [0.25, 0.3) is 0 Å². The highest BCUT2D eigenvalue weighted by atomic mass is 16.5. The first-order chi connectivity index (χ1) is 14.7. The molecule has 0 atom stereocenters. The summed E-state index contributed by atoms with van der Waals surface area (Å²) in [5, 5.41) is 8.28. The number of hydrogen-bond acceptors (Lipinski definition) is 6. The molecule has 0 N–H and O–H groups in total. The van der Waals surface area contributed by atoms with Crippen molar-refractivity contribution in [1.29, 1.82) is 0 Å². The van der Waals surface area contributed by atoms with Gasteiger partial charge in [-0.25, -0.2) is 9.69 Å². The molecule has 1 fully saturated rings. The van der Waals surface area contributed by atoms with E-state index in [4.69, 9.17) is 9.26 Å². The van der Waals surface area contributed by atoms with E-state index in [2.05, 4.69) is 10.3 Å². The maximum absolute atomic E-state index is 13.2. The van der Waals surface area contributed by atoms with Crippen molar-refractivity contribution >= 4 is 17.6 Å². The number of urea groups is 1. The first kappa shape index (κ1) is 20.6. The summed E-state index contributed by atoms with van der Waals surface area (Å²) in [5.74, 6) is 1.16. The molecular formula is C22H25N5O4. The highest BCUT2D eigenvalue weighted by Gasteiger charge is 2.52. The number of hydrogen-bond donors (Lipinski definition) is 0. The van der Waals surface area contributed by atoms with Crippen molar-refractivity contribution in [2.75, 3.05) is 12.0 Å². The SMILES string of the molecule is COc1ccc(CN2C(=O)N(c3cnn(Cc4c(C)noc4C)c3)C(=O)C2(C)C)cc1. The van der Waals surface area contributed by atoms with Crippen LogP contribution in [0.1, 0.15) is 36.4 Å². The van der Waals surface area contributed by atoms with Gasteiger partial charge in [0.25, 0.3) is 5.91 Å². The second kappa shape index (κ2) is 7.57. The number of aryl methyl sites for hydroxylation is 2. The van der Waals surface area contributed by atoms with Crippen molar-refractivity contribution in [3.8, 4) is 5.75 Å². The fourth-order valence-electron chi connectivity index (χ4n) is 3.69. The maximum atomic E-state index is 13.2. The van der Waals surface area contributed by atoms with E-state index in [0.717, 1.165) is 28.3 Å². The Morgan fingerprint density at radius 1 is 1.10 bits per heavy atom. The number of amides is 3. The topological polar surface area (TPSA) is 93.7 Å². The Kier molecular flexibility index (Phi) is 5.04. The zero-order valence-corrected chi connectivity index (χ0v) is 18.2. The maximum Gasteiger partial charge on any atom is 0.332 e. The van der Waals surface area contributed by atoms with Gasteiger partial charge in [0.2, 0.25) is 0 Å². The number of nitrogens with zero attached hydrogens (tertiary/aromatic N) is 5. The van der Waals surface area contributed by atoms with Crippen LogP contribution in [0.3, 0.4) is 0 Å². The number of benzene rings is 1. The molecule has 3 aromatic rings. The highest BCUT2D eigenvalue weighted by molar-refractivity contribution is 6.22. The first-order valence-corrected chi connectivity index (χ1v) is 9.95. The third-order valence-electron chi connectivity index (χ3n) is 5.70. The number of anilines is 1. The summed E-state index contributed by atoms with van der Waals surface area (Å²) in [4.78, 5) is 29.2. The monoisotopic (exact) mass is 423 g/mol. The van der Waals surface area contributed by atoms with Crippen LogP contribution < -0.4 is 9.64 Å². The van der Waals surface area contributed by atoms with Gasteiger partial charge in [0.15, 0.2) is 0 Å². The lowest BCUT2D eigenvalue weighted by Crippen LogP contribution is -2.43. The average molecular weight is 423 g/mol. The predicted molar refractivity (Wildman–Crippen MR) is 113 cm³/mol. The van der Waals surface area contributed by atoms with Crippen LogP contribution >= 0.6 is 0 Å². The highest BCUT2D eigenvalue weighted by Crippen LogP contribution is 2.33. The van der Waals surface area contributed by atoms with E-state index in [-0.39, 0.29) is 11.9 Å². The van der Waals surface area contributed by atoms with E-state index in [1.807, 2.05) is 38.1 Å². The van der Waals surface area contributed by atoms with E-state index in [1.54, 1.807) is 36.7 Å². The zero-order valence-electron chi connectivity index (χ0n) is 18.2. The molecule has 9 nitrogen and oxygen atoms in total. The van der Waals surface area contributed by atoms with E-state index in [9.17, 15) is 9.59 Å². The average Bonchev–Trinajstić information content (AvgIpc) is 3.38. The standard InChI is InChI=1S/C22H25N5O4/c1-14-19(15(2)31-24-14)13-25-12-17(10-23-25)27-20(28)22(3,4)26(21(27)29)11-16-6-8-18(30-5)9-7-16/h6-10,12H,11,13H2,1-5H3. The third-order valence-corrected chi connectivity index (χ3v) is 5.70. The second-order valence-corrected chi connectivity index (χ2v) is 8.12. The molecule has 1 saturated heterocycles. The van der Waals surface area contributed by atoms with Crippen molar-refractivity contribution < 1.29 is 18.8 Å². The molecule has 2 aromatic heterocycles. The lowest BCUT2D eigenvalue weighted by Gasteiger charge is -2.27. The minimum atomic E-state index is -0.985. The van der Waals surface area contributed by atoms with Crippen LogP contribution in [-0.2, 0) is 17.9 Å². The van der Waals surface area contributed by atoms with Crippen LogP contribution in [0.4, 0.5) is 10.5 Å². The summed E-state index contributed by atoms with van der Waals surface area (Å²) >= 11 is 0. The number of carbonyl (C=O) groups excluding carboxylic acids is 2. The lowest BCUT2D eigenvalue weighted by atomic mass is 10.0. The van der Waals surface area contributed by atoms with Crippen molar-refractivity contribution in [3.05, 3.63) is 59.2 Å². The van der Waals surface area contributed by atoms with Gasteiger partial charge < -0.3 is 14.2 Å². The molecule has 9 heteroatoms. The van der Waals surface area contributed by atoms with Crippen LogP contribution in [0.2, 0.25) is 0 Å². The van der Waals surface area contributed by atoms with Crippen molar-refractivity contribution in [3.63, 3.8) is 0 Å². The number of aromatic nitrogens is 3. The molecule has 0 bridgehead atoms. The van der Waals surface area contributed by atoms with Gasteiger partial charge in [0, 0.05) is 18.3 Å². The minimum absolute atomic E-state index is 0.289. The summed E-state index contributed by atoms with van der Waals surface area (Å²) in [6.07, 6.45) is 3.22. The Bertz CT molecular complexity index is 1110. The normalized spacial score (nSPS) is 15.8. The van der Waals surface area contributed by atoms with E-state index < -0.39 is 5.54 Å². The van der Waals surface area contributed by atoms with Gasteiger partial charge >= 0.3 is 6.03 Å². The van der Waals surface area contributed by atoms with Crippen molar-refractivity contribution in [2.45, 2.75) is 46.3 Å². The van der Waals surface area contributed by atoms with Crippen LogP contribution in [-0.4, -0.2) is 44.4 Å². The van der Waals surface area contributed by atoms with Gasteiger partial charge in [-0.15, -0.1) is 0 Å². The molecule has 162 valence electrons. The summed E-state index contributed by atoms with van der Waals surface area (Å²) in [7, 11) is 1.60. The minimum Gasteiger partial charge on any atom is -0.497 e. The smallest absolute Gasteiger partial charge is 0.332 e. The molecule has 1 aliphatic rings. The number of methoxy groups -OCH3 is 1. The third kappa shape index (κ3) is 3.56. The van der Waals surface area contributed by atoms with Crippen LogP contribution in [0, 0.1) is 13.8 Å². The first-order valence-electron chi connectivity index (χ1n) is 9.95. The molecule has 0 radical (unpaired) electrons. The van der Waals surface area contributed by atoms with E-state index in [0.29, 0.717) is 18.8 Å². The number of ether oxygens (including phenoxy) is 1. The van der Waals surface area contributed by atoms with Gasteiger partial charge in [-0.2, -0.15) is 5.10 Å². The molecule has 4 rings (SSSR count). The van der Waals surface area contributed by atoms with Crippen molar-refractivity contribution in [1.82, 2.24) is 19.8 Å². The summed E-state index contributed by atoms with van der Waals surface area (Å²) in [5.41, 5.74) is 2.07. The molecular weight excluding hydrogens is 398 g/mol. The fraction of sp³-hybridized carbons (Fsp3) is 0.364. The summed E-state index contributed by atoms with van der Waals surface area (Å²) in [6.45, 7) is 7.97. The molecule has 31 heavy (non-hydrogen) atoms. The Morgan fingerprint density at radius 2 is 1.81 bits per heavy atom. The molecule has 0 unspecified atom stereocenters. The Hall–Kier alpha value is -3.62. The molecule has 0 spiro atoms. The number of rotatable bonds is 6.